The number of aromatic nitrogens is 2. The zero-order valence-electron chi connectivity index (χ0n) is 21.3. The Hall–Kier alpha value is -3.39. The van der Waals surface area contributed by atoms with E-state index in [1.807, 2.05) is 30.9 Å². The van der Waals surface area contributed by atoms with E-state index in [0.29, 0.717) is 29.9 Å². The van der Waals surface area contributed by atoms with Crippen molar-refractivity contribution in [1.82, 2.24) is 25.1 Å². The summed E-state index contributed by atoms with van der Waals surface area (Å²) in [5, 5.41) is 12.9. The van der Waals surface area contributed by atoms with Crippen LogP contribution in [0.25, 0.3) is 21.3 Å². The SMILES string of the molecule is Cc1nc(C#N)cc(-c2ccnc3cc(CN4C(=O)C5C(C4=O)C5(C)C)sc23)c1C(=O)N1CCNCC1.Cl. The summed E-state index contributed by atoms with van der Waals surface area (Å²) in [4.78, 5) is 52.3. The molecule has 3 aliphatic rings. The number of halogens is 1. The number of nitrogens with one attached hydrogen (secondary N) is 1. The standard InChI is InChI=1S/C27H26N6O3S.ClH/c1-14-20(24(34)32-8-6-29-7-9-32)18(10-15(12-28)31-14)17-4-5-30-19-11-16(37-23(17)19)13-33-25(35)21-22(26(33)36)27(21,2)3;/h4-5,10-11,21-22,29H,6-9,13H2,1-3H3;1H. The molecule has 2 unspecified atom stereocenters. The van der Waals surface area contributed by atoms with Gasteiger partial charge in [-0.15, -0.1) is 23.7 Å². The molecule has 3 aromatic heterocycles. The van der Waals surface area contributed by atoms with Gasteiger partial charge in [0.2, 0.25) is 11.8 Å². The van der Waals surface area contributed by atoms with Gasteiger partial charge in [0.15, 0.2) is 0 Å². The molecule has 3 fully saturated rings. The number of thiophene rings is 1. The molecule has 1 saturated carbocycles. The molecule has 2 aliphatic heterocycles. The van der Waals surface area contributed by atoms with Gasteiger partial charge >= 0.3 is 0 Å². The van der Waals surface area contributed by atoms with E-state index < -0.39 is 0 Å². The van der Waals surface area contributed by atoms with Crippen molar-refractivity contribution >= 4 is 51.7 Å². The molecule has 196 valence electrons. The maximum absolute atomic E-state index is 13.6. The number of piperidine rings is 1. The van der Waals surface area contributed by atoms with Crippen LogP contribution in [0.5, 0.6) is 0 Å². The summed E-state index contributed by atoms with van der Waals surface area (Å²) in [6, 6.07) is 7.52. The van der Waals surface area contributed by atoms with Crippen molar-refractivity contribution in [1.29, 1.82) is 5.26 Å². The number of hydrogen-bond donors (Lipinski definition) is 1. The number of rotatable bonds is 4. The number of likely N-dealkylation sites (tertiary alicyclic amines) is 1. The molecule has 0 bridgehead atoms. The van der Waals surface area contributed by atoms with Crippen molar-refractivity contribution in [3.05, 3.63) is 46.2 Å². The first-order valence-electron chi connectivity index (χ1n) is 12.4. The number of nitrogens with zero attached hydrogens (tertiary/aromatic N) is 5. The highest BCUT2D eigenvalue weighted by molar-refractivity contribution is 7.19. The van der Waals surface area contributed by atoms with Gasteiger partial charge in [0.05, 0.1) is 39.9 Å². The van der Waals surface area contributed by atoms with Crippen molar-refractivity contribution in [2.75, 3.05) is 26.2 Å². The van der Waals surface area contributed by atoms with Crippen LogP contribution in [0.2, 0.25) is 0 Å². The van der Waals surface area contributed by atoms with Crippen LogP contribution in [0.4, 0.5) is 0 Å². The lowest BCUT2D eigenvalue weighted by atomic mass is 9.97. The zero-order chi connectivity index (χ0) is 26.1. The fraction of sp³-hybridized carbons (Fsp3) is 0.407. The normalized spacial score (nSPS) is 21.7. The molecule has 2 saturated heterocycles. The summed E-state index contributed by atoms with van der Waals surface area (Å²) in [7, 11) is 0. The molecule has 6 rings (SSSR count). The lowest BCUT2D eigenvalue weighted by molar-refractivity contribution is -0.143. The van der Waals surface area contributed by atoms with Crippen LogP contribution in [-0.4, -0.2) is 63.7 Å². The Bertz CT molecular complexity index is 1510. The maximum atomic E-state index is 13.6. The van der Waals surface area contributed by atoms with Crippen molar-refractivity contribution in [2.24, 2.45) is 17.3 Å². The molecule has 1 N–H and O–H groups in total. The fourth-order valence-corrected chi connectivity index (χ4v) is 6.96. The highest BCUT2D eigenvalue weighted by atomic mass is 35.5. The second-order valence-electron chi connectivity index (χ2n) is 10.5. The Morgan fingerprint density at radius 3 is 2.53 bits per heavy atom. The smallest absolute Gasteiger partial charge is 0.256 e. The van der Waals surface area contributed by atoms with Crippen LogP contribution < -0.4 is 5.32 Å². The van der Waals surface area contributed by atoms with E-state index in [4.69, 9.17) is 0 Å². The molecule has 0 aromatic carbocycles. The quantitative estimate of drug-likeness (QED) is 0.495. The van der Waals surface area contributed by atoms with Gasteiger partial charge in [-0.3, -0.25) is 24.3 Å². The third-order valence-corrected chi connectivity index (χ3v) is 9.03. The van der Waals surface area contributed by atoms with E-state index in [0.717, 1.165) is 33.7 Å². The summed E-state index contributed by atoms with van der Waals surface area (Å²) < 4.78 is 0.839. The number of amides is 3. The van der Waals surface area contributed by atoms with Crippen LogP contribution >= 0.6 is 23.7 Å². The summed E-state index contributed by atoms with van der Waals surface area (Å²) in [5.74, 6) is -0.740. The number of carbonyl (C=O) groups is 3. The number of hydrogen-bond acceptors (Lipinski definition) is 8. The number of carbonyl (C=O) groups excluding carboxylic acids is 3. The Morgan fingerprint density at radius 2 is 1.87 bits per heavy atom. The van der Waals surface area contributed by atoms with Gasteiger partial charge in [-0.25, -0.2) is 4.98 Å². The minimum atomic E-state index is -0.245. The van der Waals surface area contributed by atoms with Gasteiger partial charge in [0.25, 0.3) is 5.91 Å². The minimum Gasteiger partial charge on any atom is -0.336 e. The summed E-state index contributed by atoms with van der Waals surface area (Å²) in [6.07, 6.45) is 1.68. The molecule has 5 heterocycles. The van der Waals surface area contributed by atoms with Gasteiger partial charge in [0, 0.05) is 48.4 Å². The van der Waals surface area contributed by atoms with Crippen molar-refractivity contribution in [3.8, 4) is 17.2 Å². The molecule has 0 radical (unpaired) electrons. The van der Waals surface area contributed by atoms with Crippen molar-refractivity contribution in [2.45, 2.75) is 27.3 Å². The molecule has 3 aromatic rings. The zero-order valence-corrected chi connectivity index (χ0v) is 22.9. The van der Waals surface area contributed by atoms with Crippen molar-refractivity contribution < 1.29 is 14.4 Å². The van der Waals surface area contributed by atoms with Crippen LogP contribution in [0, 0.1) is 35.5 Å². The van der Waals surface area contributed by atoms with E-state index in [9.17, 15) is 19.6 Å². The van der Waals surface area contributed by atoms with Crippen molar-refractivity contribution in [3.63, 3.8) is 0 Å². The molecule has 2 atom stereocenters. The highest BCUT2D eigenvalue weighted by Crippen LogP contribution is 2.63. The Kier molecular flexibility index (Phi) is 6.50. The van der Waals surface area contributed by atoms with Gasteiger partial charge < -0.3 is 10.2 Å². The first-order chi connectivity index (χ1) is 17.7. The number of fused-ring (bicyclic) bond motifs is 2. The number of piperazine rings is 1. The first-order valence-corrected chi connectivity index (χ1v) is 13.2. The Balaban J connectivity index is 0.00000294. The predicted molar refractivity (Wildman–Crippen MR) is 145 cm³/mol. The van der Waals surface area contributed by atoms with Crippen LogP contribution in [0.1, 0.15) is 40.5 Å². The molecule has 9 nitrogen and oxygen atoms in total. The van der Waals surface area contributed by atoms with Crippen LogP contribution in [0.15, 0.2) is 24.4 Å². The van der Waals surface area contributed by atoms with Gasteiger partial charge in [-0.2, -0.15) is 5.26 Å². The molecular formula is C27H27ClN6O3S. The highest BCUT2D eigenvalue weighted by Gasteiger charge is 2.72. The number of aryl methyl sites for hydroxylation is 1. The van der Waals surface area contributed by atoms with Crippen LogP contribution in [-0.2, 0) is 16.1 Å². The largest absolute Gasteiger partial charge is 0.336 e. The topological polar surface area (TPSA) is 119 Å². The van der Waals surface area contributed by atoms with E-state index in [1.165, 1.54) is 16.2 Å². The molecule has 38 heavy (non-hydrogen) atoms. The Labute approximate surface area is 230 Å². The maximum Gasteiger partial charge on any atom is 0.256 e. The fourth-order valence-electron chi connectivity index (χ4n) is 5.83. The van der Waals surface area contributed by atoms with Gasteiger partial charge in [-0.1, -0.05) is 13.8 Å². The third-order valence-electron chi connectivity index (χ3n) is 7.89. The van der Waals surface area contributed by atoms with E-state index in [2.05, 4.69) is 21.4 Å². The third kappa shape index (κ3) is 3.97. The van der Waals surface area contributed by atoms with E-state index in [-0.39, 0.29) is 59.6 Å². The molecule has 1 aliphatic carbocycles. The van der Waals surface area contributed by atoms with Gasteiger partial charge in [-0.05, 0) is 30.5 Å². The average Bonchev–Trinajstić information content (AvgIpc) is 3.13. The number of imide groups is 1. The monoisotopic (exact) mass is 550 g/mol. The molecular weight excluding hydrogens is 524 g/mol. The van der Waals surface area contributed by atoms with Gasteiger partial charge in [0.1, 0.15) is 11.8 Å². The number of nitriles is 1. The molecule has 3 amide bonds. The Morgan fingerprint density at radius 1 is 1.18 bits per heavy atom. The second-order valence-corrected chi connectivity index (χ2v) is 11.6. The lowest BCUT2D eigenvalue weighted by Gasteiger charge is -2.28. The minimum absolute atomic E-state index is 0. The number of pyridine rings is 2. The molecule has 0 spiro atoms. The summed E-state index contributed by atoms with van der Waals surface area (Å²) in [5.41, 5.74) is 3.13. The predicted octanol–water partition coefficient (Wildman–Crippen LogP) is 3.15. The van der Waals surface area contributed by atoms with E-state index in [1.54, 1.807) is 19.2 Å². The summed E-state index contributed by atoms with van der Waals surface area (Å²) in [6.45, 7) is 8.57. The second kappa shape index (κ2) is 9.42. The molecule has 11 heteroatoms. The first kappa shape index (κ1) is 26.2. The summed E-state index contributed by atoms with van der Waals surface area (Å²) >= 11 is 1.45. The average molecular weight is 551 g/mol. The van der Waals surface area contributed by atoms with Crippen LogP contribution in [0.3, 0.4) is 0 Å². The van der Waals surface area contributed by atoms with E-state index >= 15 is 0 Å². The lowest BCUT2D eigenvalue weighted by Crippen LogP contribution is -2.46.